The van der Waals surface area contributed by atoms with Gasteiger partial charge < -0.3 is 36.5 Å². The van der Waals surface area contributed by atoms with Gasteiger partial charge >= 0.3 is 57.6 Å². The molecular formula is C34H48F3KN8O2. The smallest absolute Gasteiger partial charge is 0.494 e. The molecule has 2 heterocycles. The van der Waals surface area contributed by atoms with E-state index in [-0.39, 0.29) is 74.3 Å². The Morgan fingerprint density at radius 1 is 1.04 bits per heavy atom. The predicted octanol–water partition coefficient (Wildman–Crippen LogP) is 1.89. The Bertz CT molecular complexity index is 1400. The van der Waals surface area contributed by atoms with Crippen molar-refractivity contribution in [2.75, 3.05) is 65.9 Å². The molecule has 2 aromatic carbocycles. The Kier molecular flexibility index (Phi) is 22.2. The van der Waals surface area contributed by atoms with Crippen LogP contribution in [0.1, 0.15) is 40.7 Å². The number of hydrogen-bond donors (Lipinski definition) is 5. The van der Waals surface area contributed by atoms with Gasteiger partial charge in [-0.25, -0.2) is 0 Å². The third kappa shape index (κ3) is 16.1. The molecule has 48 heavy (non-hydrogen) atoms. The molecule has 2 aliphatic rings. The average molecular weight is 697 g/mol. The summed E-state index contributed by atoms with van der Waals surface area (Å²) in [6, 6.07) is 10.4. The van der Waals surface area contributed by atoms with Gasteiger partial charge in [0.2, 0.25) is 0 Å². The minimum atomic E-state index is -4.31. The molecule has 2 fully saturated rings. The van der Waals surface area contributed by atoms with E-state index in [9.17, 15) is 13.2 Å². The number of rotatable bonds is 6. The zero-order valence-electron chi connectivity index (χ0n) is 29.0. The number of carbonyl (C=O) groups excluding carboxylic acids is 1. The quantitative estimate of drug-likeness (QED) is 0.134. The number of alkyl halides is 3. The van der Waals surface area contributed by atoms with E-state index >= 15 is 0 Å². The summed E-state index contributed by atoms with van der Waals surface area (Å²) in [6.45, 7) is 11.7. The van der Waals surface area contributed by atoms with E-state index in [4.69, 9.17) is 31.8 Å². The van der Waals surface area contributed by atoms with Crippen LogP contribution in [0.3, 0.4) is 0 Å². The van der Waals surface area contributed by atoms with Gasteiger partial charge in [-0.1, -0.05) is 37.0 Å². The van der Waals surface area contributed by atoms with Crippen LogP contribution >= 0.6 is 0 Å². The Morgan fingerprint density at radius 2 is 1.65 bits per heavy atom. The standard InChI is InChI=1S/C15H18N5.C14H20F3N3.C4H8O.CH2O.K/c1-9-4-5-10(2)11(8-9)6-7-12(16)13(14(17)18)15(19)20-3;1-18-12-4-3-11(13(9-12)14(15,16)17)10-20-7-5-19(2)6-8-20;1-2-4-5-3-1;1-2;/h4-5,8,16H,19H2,1-3H3,(H3,17,18);3-4,9,18H,5-8,10H2,1-2H3;1-4H2;1H2;/q-1;;;;+1/b15-13-,16-12?;;;;. The van der Waals surface area contributed by atoms with Gasteiger partial charge in [-0.3, -0.25) is 15.7 Å². The summed E-state index contributed by atoms with van der Waals surface area (Å²) in [7, 11) is 5.12. The molecule has 0 amide bonds. The molecule has 0 radical (unpaired) electrons. The first kappa shape index (κ1) is 45.3. The van der Waals surface area contributed by atoms with Crippen LogP contribution < -0.4 is 68.2 Å². The van der Waals surface area contributed by atoms with Crippen molar-refractivity contribution in [2.45, 2.75) is 39.4 Å². The molecule has 10 nitrogen and oxygen atoms in total. The number of benzene rings is 2. The van der Waals surface area contributed by atoms with E-state index in [0.29, 0.717) is 17.8 Å². The van der Waals surface area contributed by atoms with Crippen molar-refractivity contribution < 1.29 is 74.1 Å². The number of carbonyl (C=O) groups is 1. The van der Waals surface area contributed by atoms with Gasteiger partial charge in [0.15, 0.2) is 0 Å². The zero-order valence-corrected chi connectivity index (χ0v) is 32.1. The molecule has 0 saturated carbocycles. The summed E-state index contributed by atoms with van der Waals surface area (Å²) in [4.78, 5) is 12.3. The molecule has 7 N–H and O–H groups in total. The summed E-state index contributed by atoms with van der Waals surface area (Å²) in [5.74, 6) is 5.32. The number of amidine groups is 1. The molecule has 4 rings (SSSR count). The van der Waals surface area contributed by atoms with Crippen molar-refractivity contribution in [3.8, 4) is 11.8 Å². The number of anilines is 1. The first-order valence-electron chi connectivity index (χ1n) is 15.0. The van der Waals surface area contributed by atoms with Crippen LogP contribution in [0.15, 0.2) is 47.8 Å². The summed E-state index contributed by atoms with van der Waals surface area (Å²) < 4.78 is 44.3. The first-order valence-corrected chi connectivity index (χ1v) is 15.0. The molecule has 0 spiro atoms. The second-order valence-electron chi connectivity index (χ2n) is 10.9. The summed E-state index contributed by atoms with van der Waals surface area (Å²) >= 11 is 0. The monoisotopic (exact) mass is 696 g/mol. The van der Waals surface area contributed by atoms with Crippen LogP contribution in [0.2, 0.25) is 0 Å². The SMILES string of the molecule is C1CCOC1.C=O.CNc1ccc(CN2CCN(C)CC2)c(C(F)(F)F)c1.C[N-]/C(N)=C(\C(=N)N)C(=N)C#Cc1cc(C)ccc1C.[K+]. The van der Waals surface area contributed by atoms with Gasteiger partial charge in [0.25, 0.3) is 0 Å². The van der Waals surface area contributed by atoms with Crippen molar-refractivity contribution in [3.05, 3.63) is 80.9 Å². The van der Waals surface area contributed by atoms with E-state index < -0.39 is 11.7 Å². The van der Waals surface area contributed by atoms with Crippen molar-refractivity contribution in [1.29, 1.82) is 10.8 Å². The van der Waals surface area contributed by atoms with Crippen LogP contribution in [0.5, 0.6) is 0 Å². The van der Waals surface area contributed by atoms with Crippen molar-refractivity contribution >= 4 is 24.0 Å². The summed E-state index contributed by atoms with van der Waals surface area (Å²) in [6.07, 6.45) is -1.76. The maximum absolute atomic E-state index is 13.1. The molecule has 0 aliphatic carbocycles. The number of likely N-dealkylation sites (N-methyl/N-ethyl adjacent to an activating group) is 1. The number of nitrogens with one attached hydrogen (secondary N) is 3. The van der Waals surface area contributed by atoms with Crippen LogP contribution in [0.4, 0.5) is 18.9 Å². The van der Waals surface area contributed by atoms with E-state index in [1.807, 2.05) is 45.9 Å². The number of ether oxygens (including phenoxy) is 1. The van der Waals surface area contributed by atoms with E-state index in [1.54, 1.807) is 19.2 Å². The number of nitrogens with zero attached hydrogens (tertiary/aromatic N) is 3. The van der Waals surface area contributed by atoms with E-state index in [1.165, 1.54) is 26.0 Å². The third-order valence-corrected chi connectivity index (χ3v) is 7.25. The molecule has 0 bridgehead atoms. The van der Waals surface area contributed by atoms with Gasteiger partial charge in [-0.05, 0) is 74.5 Å². The Hall–Kier alpha value is -2.74. The fourth-order valence-corrected chi connectivity index (χ4v) is 4.47. The van der Waals surface area contributed by atoms with Crippen molar-refractivity contribution in [1.82, 2.24) is 9.80 Å². The van der Waals surface area contributed by atoms with Gasteiger partial charge in [0, 0.05) is 69.8 Å². The predicted molar refractivity (Wildman–Crippen MR) is 184 cm³/mol. The molecule has 2 aliphatic heterocycles. The fraction of sp³-hybridized carbons (Fsp3) is 0.441. The topological polar surface area (TPSA) is 159 Å². The number of halogens is 3. The van der Waals surface area contributed by atoms with Gasteiger partial charge in [-0.2, -0.15) is 13.2 Å². The largest absolute Gasteiger partial charge is 1.00 e. The third-order valence-electron chi connectivity index (χ3n) is 7.25. The molecule has 2 aromatic rings. The molecule has 0 aromatic heterocycles. The molecule has 0 unspecified atom stereocenters. The van der Waals surface area contributed by atoms with Gasteiger partial charge in [0.1, 0.15) is 18.3 Å². The first-order chi connectivity index (χ1) is 22.3. The molecule has 258 valence electrons. The molecule has 2 saturated heterocycles. The summed E-state index contributed by atoms with van der Waals surface area (Å²) in [5, 5.41) is 21.8. The maximum atomic E-state index is 13.1. The minimum absolute atomic E-state index is 0. The number of hydrogen-bond acceptors (Lipinski definition) is 8. The van der Waals surface area contributed by atoms with Crippen LogP contribution in [0, 0.1) is 36.5 Å². The summed E-state index contributed by atoms with van der Waals surface area (Å²) in [5.41, 5.74) is 14.2. The van der Waals surface area contributed by atoms with Crippen molar-refractivity contribution in [3.63, 3.8) is 0 Å². The minimum Gasteiger partial charge on any atom is -0.494 e. The van der Waals surface area contributed by atoms with Gasteiger partial charge in [0.05, 0.1) is 5.56 Å². The average Bonchev–Trinajstić information content (AvgIpc) is 3.64. The molecular weight excluding hydrogens is 649 g/mol. The molecule has 0 atom stereocenters. The van der Waals surface area contributed by atoms with Crippen LogP contribution in [-0.2, 0) is 22.3 Å². The molecule has 14 heteroatoms. The van der Waals surface area contributed by atoms with Crippen LogP contribution in [-0.4, -0.2) is 88.7 Å². The maximum Gasteiger partial charge on any atom is 1.00 e. The zero-order chi connectivity index (χ0) is 35.6. The normalized spacial score (nSPS) is 14.8. The second-order valence-corrected chi connectivity index (χ2v) is 10.9. The Labute approximate surface area is 325 Å². The number of aryl methyl sites for hydroxylation is 2. The number of piperazine rings is 1. The van der Waals surface area contributed by atoms with E-state index in [0.717, 1.165) is 56.1 Å². The van der Waals surface area contributed by atoms with E-state index in [2.05, 4.69) is 32.3 Å². The second kappa shape index (κ2) is 23.6. The Morgan fingerprint density at radius 3 is 2.12 bits per heavy atom. The van der Waals surface area contributed by atoms with Gasteiger partial charge in [-0.15, -0.1) is 0 Å². The van der Waals surface area contributed by atoms with Crippen molar-refractivity contribution in [2.24, 2.45) is 11.5 Å². The fourth-order valence-electron chi connectivity index (χ4n) is 4.47. The number of nitrogens with two attached hydrogens (primary N) is 2. The van der Waals surface area contributed by atoms with Crippen LogP contribution in [0.25, 0.3) is 5.32 Å². The Balaban J connectivity index is 0.000000753.